The summed E-state index contributed by atoms with van der Waals surface area (Å²) in [4.78, 5) is 38.5. The van der Waals surface area contributed by atoms with Crippen molar-refractivity contribution in [1.82, 2.24) is 24.8 Å². The molecule has 214 valence electrons. The number of ketones is 1. The van der Waals surface area contributed by atoms with Crippen LogP contribution in [0.3, 0.4) is 0 Å². The molecule has 0 radical (unpaired) electrons. The van der Waals surface area contributed by atoms with Crippen molar-refractivity contribution in [2.75, 3.05) is 16.0 Å². The second kappa shape index (κ2) is 12.7. The zero-order valence-corrected chi connectivity index (χ0v) is 25.0. The van der Waals surface area contributed by atoms with E-state index in [1.807, 2.05) is 18.5 Å². The molecule has 1 saturated carbocycles. The van der Waals surface area contributed by atoms with Crippen LogP contribution in [0.5, 0.6) is 0 Å². The number of hydrogen-bond acceptors (Lipinski definition) is 7. The highest BCUT2D eigenvalue weighted by Crippen LogP contribution is 2.27. The second-order valence-corrected chi connectivity index (χ2v) is 11.6. The molecule has 2 aromatic heterocycles. The number of fused-ring (bicyclic) bond motifs is 1. The Kier molecular flexibility index (Phi) is 8.82. The van der Waals surface area contributed by atoms with Gasteiger partial charge in [-0.15, -0.1) is 0 Å². The van der Waals surface area contributed by atoms with Crippen LogP contribution in [0.15, 0.2) is 59.3 Å². The minimum Gasteiger partial charge on any atom is -0.364 e. The summed E-state index contributed by atoms with van der Waals surface area (Å²) < 4.78 is 3.09. The van der Waals surface area contributed by atoms with Crippen LogP contribution in [0, 0.1) is 0 Å². The fourth-order valence-corrected chi connectivity index (χ4v) is 5.27. The van der Waals surface area contributed by atoms with Crippen molar-refractivity contribution in [3.05, 3.63) is 70.5 Å². The third-order valence-corrected chi connectivity index (χ3v) is 7.80. The van der Waals surface area contributed by atoms with Crippen LogP contribution >= 0.6 is 15.9 Å². The number of benzene rings is 2. The van der Waals surface area contributed by atoms with Gasteiger partial charge in [0.15, 0.2) is 22.8 Å². The molecule has 11 heteroatoms. The summed E-state index contributed by atoms with van der Waals surface area (Å²) in [5, 5.41) is 12.9. The standard InChI is InChI=1S/C30H35BrN8O2/c1-18(2)39-17-33-26-27(32-16-20-7-9-22(31)10-8-20)37-29(38-28(26)39)34-23-11-13-24(14-12-23)35-30(41)36-25-6-4-5-21(15-25)19(3)40/h4-10,15,17-18,23-24H,11-14,16H2,1-3H3,(H2,35,36,41)(H2,32,34,37,38). The van der Waals surface area contributed by atoms with Crippen molar-refractivity contribution in [3.8, 4) is 0 Å². The largest absolute Gasteiger partial charge is 0.364 e. The number of carbonyl (C=O) groups is 2. The van der Waals surface area contributed by atoms with E-state index in [0.29, 0.717) is 29.6 Å². The SMILES string of the molecule is CC(=O)c1cccc(NC(=O)NC2CCC(Nc3nc(NCc4ccc(Br)cc4)c4ncn(C(C)C)c4n3)CC2)c1. The van der Waals surface area contributed by atoms with Crippen LogP contribution < -0.4 is 21.3 Å². The molecular weight excluding hydrogens is 584 g/mol. The van der Waals surface area contributed by atoms with E-state index in [9.17, 15) is 9.59 Å². The van der Waals surface area contributed by atoms with E-state index in [1.165, 1.54) is 6.92 Å². The van der Waals surface area contributed by atoms with Crippen molar-refractivity contribution in [2.45, 2.75) is 71.1 Å². The monoisotopic (exact) mass is 618 g/mol. The number of nitrogens with one attached hydrogen (secondary N) is 4. The van der Waals surface area contributed by atoms with Gasteiger partial charge in [-0.05, 0) is 76.3 Å². The van der Waals surface area contributed by atoms with Gasteiger partial charge in [-0.1, -0.05) is 40.2 Å². The molecule has 0 bridgehead atoms. The van der Waals surface area contributed by atoms with E-state index < -0.39 is 0 Å². The fraction of sp³-hybridized carbons (Fsp3) is 0.367. The fourth-order valence-electron chi connectivity index (χ4n) is 5.00. The normalized spacial score (nSPS) is 16.9. The Hall–Kier alpha value is -3.99. The highest BCUT2D eigenvalue weighted by atomic mass is 79.9. The number of anilines is 3. The third-order valence-electron chi connectivity index (χ3n) is 7.27. The molecule has 0 saturated heterocycles. The average molecular weight is 620 g/mol. The maximum atomic E-state index is 12.6. The zero-order valence-electron chi connectivity index (χ0n) is 23.4. The predicted molar refractivity (Wildman–Crippen MR) is 165 cm³/mol. The first-order chi connectivity index (χ1) is 19.7. The van der Waals surface area contributed by atoms with E-state index in [4.69, 9.17) is 9.97 Å². The Morgan fingerprint density at radius 1 is 1.02 bits per heavy atom. The first-order valence-electron chi connectivity index (χ1n) is 13.9. The van der Waals surface area contributed by atoms with Crippen LogP contribution in [0.4, 0.5) is 22.2 Å². The number of carbonyl (C=O) groups excluding carboxylic acids is 2. The molecular formula is C30H35BrN8O2. The molecule has 1 aliphatic rings. The Bertz CT molecular complexity index is 1530. The topological polar surface area (TPSA) is 126 Å². The van der Waals surface area contributed by atoms with Gasteiger partial charge >= 0.3 is 6.03 Å². The van der Waals surface area contributed by atoms with Gasteiger partial charge in [0.25, 0.3) is 0 Å². The zero-order chi connectivity index (χ0) is 28.9. The predicted octanol–water partition coefficient (Wildman–Crippen LogP) is 6.53. The van der Waals surface area contributed by atoms with E-state index in [1.54, 1.807) is 24.3 Å². The minimum absolute atomic E-state index is 0.0378. The third kappa shape index (κ3) is 7.21. The first-order valence-corrected chi connectivity index (χ1v) is 14.7. The summed E-state index contributed by atoms with van der Waals surface area (Å²) >= 11 is 3.49. The molecule has 0 spiro atoms. The van der Waals surface area contributed by atoms with Crippen molar-refractivity contribution < 1.29 is 9.59 Å². The number of urea groups is 1. The maximum absolute atomic E-state index is 12.6. The average Bonchev–Trinajstić information content (AvgIpc) is 3.38. The van der Waals surface area contributed by atoms with Gasteiger partial charge in [0.1, 0.15) is 0 Å². The summed E-state index contributed by atoms with van der Waals surface area (Å²) in [5.41, 5.74) is 3.84. The maximum Gasteiger partial charge on any atom is 0.319 e. The molecule has 2 aromatic carbocycles. The molecule has 1 fully saturated rings. The molecule has 0 unspecified atom stereocenters. The van der Waals surface area contributed by atoms with Gasteiger partial charge in [-0.25, -0.2) is 9.78 Å². The van der Waals surface area contributed by atoms with Crippen LogP contribution in [0.1, 0.15) is 68.4 Å². The van der Waals surface area contributed by atoms with Gasteiger partial charge in [-0.3, -0.25) is 4.79 Å². The number of Topliss-reactive ketones (excluding diaryl/α,β-unsaturated/α-hetero) is 1. The van der Waals surface area contributed by atoms with Crippen molar-refractivity contribution >= 4 is 56.4 Å². The van der Waals surface area contributed by atoms with Crippen molar-refractivity contribution in [2.24, 2.45) is 0 Å². The molecule has 41 heavy (non-hydrogen) atoms. The molecule has 4 aromatic rings. The summed E-state index contributed by atoms with van der Waals surface area (Å²) in [6.45, 7) is 6.34. The lowest BCUT2D eigenvalue weighted by atomic mass is 9.91. The van der Waals surface area contributed by atoms with Gasteiger partial charge in [0.05, 0.1) is 6.33 Å². The van der Waals surface area contributed by atoms with Gasteiger partial charge in [0, 0.05) is 40.4 Å². The summed E-state index contributed by atoms with van der Waals surface area (Å²) in [7, 11) is 0. The molecule has 2 amide bonds. The van der Waals surface area contributed by atoms with Crippen LogP contribution in [-0.4, -0.2) is 43.4 Å². The van der Waals surface area contributed by atoms with Gasteiger partial charge < -0.3 is 25.8 Å². The Balaban J connectivity index is 1.21. The molecule has 0 atom stereocenters. The Labute approximate surface area is 247 Å². The molecule has 1 aliphatic carbocycles. The quantitative estimate of drug-likeness (QED) is 0.157. The van der Waals surface area contributed by atoms with E-state index in [0.717, 1.165) is 46.9 Å². The lowest BCUT2D eigenvalue weighted by molar-refractivity contribution is 0.101. The highest BCUT2D eigenvalue weighted by Gasteiger charge is 2.24. The highest BCUT2D eigenvalue weighted by molar-refractivity contribution is 9.10. The molecule has 2 heterocycles. The van der Waals surface area contributed by atoms with E-state index in [2.05, 4.69) is 72.7 Å². The Morgan fingerprint density at radius 2 is 1.76 bits per heavy atom. The Morgan fingerprint density at radius 3 is 2.46 bits per heavy atom. The summed E-state index contributed by atoms with van der Waals surface area (Å²) in [6.07, 6.45) is 5.23. The van der Waals surface area contributed by atoms with E-state index >= 15 is 0 Å². The number of rotatable bonds is 9. The summed E-state index contributed by atoms with van der Waals surface area (Å²) in [6, 6.07) is 15.3. The van der Waals surface area contributed by atoms with E-state index in [-0.39, 0.29) is 29.9 Å². The summed E-state index contributed by atoms with van der Waals surface area (Å²) in [5.74, 6) is 1.22. The van der Waals surface area contributed by atoms with Gasteiger partial charge in [0.2, 0.25) is 5.95 Å². The number of imidazole rings is 1. The first kappa shape index (κ1) is 28.5. The number of amides is 2. The second-order valence-electron chi connectivity index (χ2n) is 10.7. The lowest BCUT2D eigenvalue weighted by Crippen LogP contribution is -2.42. The molecule has 10 nitrogen and oxygen atoms in total. The van der Waals surface area contributed by atoms with Crippen molar-refractivity contribution in [1.29, 1.82) is 0 Å². The molecule has 4 N–H and O–H groups in total. The van der Waals surface area contributed by atoms with Crippen LogP contribution in [-0.2, 0) is 6.54 Å². The molecule has 0 aliphatic heterocycles. The smallest absolute Gasteiger partial charge is 0.319 e. The number of hydrogen-bond donors (Lipinski definition) is 4. The lowest BCUT2D eigenvalue weighted by Gasteiger charge is -2.29. The van der Waals surface area contributed by atoms with Crippen LogP contribution in [0.2, 0.25) is 0 Å². The van der Waals surface area contributed by atoms with Crippen molar-refractivity contribution in [3.63, 3.8) is 0 Å². The molecule has 5 rings (SSSR count). The number of nitrogens with zero attached hydrogens (tertiary/aromatic N) is 4. The minimum atomic E-state index is -0.265. The number of aromatic nitrogens is 4. The number of halogens is 1. The van der Waals surface area contributed by atoms with Gasteiger partial charge in [-0.2, -0.15) is 9.97 Å². The van der Waals surface area contributed by atoms with Crippen LogP contribution in [0.25, 0.3) is 11.2 Å².